The summed E-state index contributed by atoms with van der Waals surface area (Å²) in [6.07, 6.45) is 0.0510. The quantitative estimate of drug-likeness (QED) is 0.376. The predicted molar refractivity (Wildman–Crippen MR) is 92.3 cm³/mol. The summed E-state index contributed by atoms with van der Waals surface area (Å²) in [6, 6.07) is 12.2. The van der Waals surface area contributed by atoms with E-state index in [1.807, 2.05) is 0 Å². The van der Waals surface area contributed by atoms with Crippen molar-refractivity contribution in [1.82, 2.24) is 0 Å². The monoisotopic (exact) mass is 342 g/mol. The molecule has 0 atom stereocenters. The van der Waals surface area contributed by atoms with Crippen molar-refractivity contribution in [3.05, 3.63) is 64.2 Å². The molecule has 1 N–H and O–H groups in total. The zero-order valence-corrected chi connectivity index (χ0v) is 13.9. The fraction of sp³-hybridized carbons (Fsp3) is 0.222. The minimum atomic E-state index is -0.523. The van der Waals surface area contributed by atoms with Crippen LogP contribution in [-0.4, -0.2) is 16.8 Å². The van der Waals surface area contributed by atoms with Crippen molar-refractivity contribution in [3.8, 4) is 5.75 Å². The molecule has 0 aromatic heterocycles. The first-order valence-corrected chi connectivity index (χ1v) is 7.70. The Labute approximate surface area is 144 Å². The van der Waals surface area contributed by atoms with Gasteiger partial charge in [-0.05, 0) is 29.8 Å². The molecule has 25 heavy (non-hydrogen) atoms. The van der Waals surface area contributed by atoms with Gasteiger partial charge < -0.3 is 10.1 Å². The van der Waals surface area contributed by atoms with Gasteiger partial charge in [-0.3, -0.25) is 19.7 Å². The molecule has 0 radical (unpaired) electrons. The topological polar surface area (TPSA) is 98.5 Å². The van der Waals surface area contributed by atoms with Gasteiger partial charge in [-0.2, -0.15) is 0 Å². The number of nitro benzene ring substituents is 1. The first-order valence-electron chi connectivity index (χ1n) is 7.70. The standard InChI is InChI=1S/C18H18N2O5/c1-12(2)18(22)19-14-5-3-13(4-6-14)11-17(21)25-16-9-7-15(8-10-16)20(23)24/h3-10,12H,11H2,1-2H3,(H,19,22). The average Bonchev–Trinajstić information content (AvgIpc) is 2.57. The number of carbonyl (C=O) groups is 2. The van der Waals surface area contributed by atoms with Gasteiger partial charge in [0.2, 0.25) is 5.91 Å². The van der Waals surface area contributed by atoms with Crippen LogP contribution in [0.4, 0.5) is 11.4 Å². The number of hydrogen-bond donors (Lipinski definition) is 1. The highest BCUT2D eigenvalue weighted by molar-refractivity contribution is 5.92. The number of carbonyl (C=O) groups excluding carboxylic acids is 2. The number of nitrogens with one attached hydrogen (secondary N) is 1. The number of benzene rings is 2. The number of nitrogens with zero attached hydrogens (tertiary/aromatic N) is 1. The Morgan fingerprint density at radius 2 is 1.68 bits per heavy atom. The van der Waals surface area contributed by atoms with Gasteiger partial charge in [-0.25, -0.2) is 0 Å². The molecule has 0 saturated heterocycles. The molecule has 1 amide bonds. The number of anilines is 1. The van der Waals surface area contributed by atoms with E-state index in [4.69, 9.17) is 4.74 Å². The third-order valence-corrected chi connectivity index (χ3v) is 3.37. The Kier molecular flexibility index (Phi) is 5.84. The van der Waals surface area contributed by atoms with Crippen LogP contribution in [0.5, 0.6) is 5.75 Å². The number of amides is 1. The lowest BCUT2D eigenvalue weighted by molar-refractivity contribution is -0.384. The van der Waals surface area contributed by atoms with E-state index in [2.05, 4.69) is 5.32 Å². The summed E-state index contributed by atoms with van der Waals surface area (Å²) < 4.78 is 5.15. The zero-order chi connectivity index (χ0) is 18.4. The maximum atomic E-state index is 11.9. The minimum absolute atomic E-state index is 0.0510. The molecular formula is C18H18N2O5. The molecule has 0 spiro atoms. The zero-order valence-electron chi connectivity index (χ0n) is 13.9. The Morgan fingerprint density at radius 3 is 2.20 bits per heavy atom. The third-order valence-electron chi connectivity index (χ3n) is 3.37. The highest BCUT2D eigenvalue weighted by atomic mass is 16.6. The lowest BCUT2D eigenvalue weighted by Gasteiger charge is -2.08. The number of ether oxygens (including phenoxy) is 1. The summed E-state index contributed by atoms with van der Waals surface area (Å²) in [6.45, 7) is 3.61. The molecule has 0 saturated carbocycles. The summed E-state index contributed by atoms with van der Waals surface area (Å²) in [5.41, 5.74) is 1.32. The first kappa shape index (κ1) is 18.1. The summed E-state index contributed by atoms with van der Waals surface area (Å²) in [5, 5.41) is 13.3. The summed E-state index contributed by atoms with van der Waals surface area (Å²) in [7, 11) is 0. The fourth-order valence-electron chi connectivity index (χ4n) is 1.96. The van der Waals surface area contributed by atoms with E-state index in [0.29, 0.717) is 5.69 Å². The smallest absolute Gasteiger partial charge is 0.315 e. The minimum Gasteiger partial charge on any atom is -0.426 e. The maximum absolute atomic E-state index is 11.9. The molecule has 0 heterocycles. The number of non-ortho nitro benzene ring substituents is 1. The molecule has 2 aromatic carbocycles. The molecular weight excluding hydrogens is 324 g/mol. The lowest BCUT2D eigenvalue weighted by atomic mass is 10.1. The van der Waals surface area contributed by atoms with Gasteiger partial charge in [-0.1, -0.05) is 26.0 Å². The molecule has 130 valence electrons. The highest BCUT2D eigenvalue weighted by Gasteiger charge is 2.10. The lowest BCUT2D eigenvalue weighted by Crippen LogP contribution is -2.17. The van der Waals surface area contributed by atoms with Crippen LogP contribution in [0, 0.1) is 16.0 Å². The molecule has 2 aromatic rings. The van der Waals surface area contributed by atoms with E-state index in [0.717, 1.165) is 5.56 Å². The van der Waals surface area contributed by atoms with E-state index in [-0.39, 0.29) is 29.7 Å². The van der Waals surface area contributed by atoms with Crippen LogP contribution in [0.2, 0.25) is 0 Å². The van der Waals surface area contributed by atoms with Crippen molar-refractivity contribution in [3.63, 3.8) is 0 Å². The average molecular weight is 342 g/mol. The molecule has 7 nitrogen and oxygen atoms in total. The molecule has 0 fully saturated rings. The van der Waals surface area contributed by atoms with Crippen molar-refractivity contribution in [2.24, 2.45) is 5.92 Å². The highest BCUT2D eigenvalue weighted by Crippen LogP contribution is 2.18. The Bertz CT molecular complexity index is 767. The summed E-state index contributed by atoms with van der Waals surface area (Å²) in [5.74, 6) is -0.425. The van der Waals surface area contributed by atoms with Crippen LogP contribution in [0.1, 0.15) is 19.4 Å². The normalized spacial score (nSPS) is 10.4. The Morgan fingerprint density at radius 1 is 1.08 bits per heavy atom. The predicted octanol–water partition coefficient (Wildman–Crippen LogP) is 3.34. The van der Waals surface area contributed by atoms with Gasteiger partial charge in [0.25, 0.3) is 5.69 Å². The fourth-order valence-corrected chi connectivity index (χ4v) is 1.96. The van der Waals surface area contributed by atoms with Crippen LogP contribution >= 0.6 is 0 Å². The van der Waals surface area contributed by atoms with Crippen molar-refractivity contribution in [1.29, 1.82) is 0 Å². The molecule has 2 rings (SSSR count). The van der Waals surface area contributed by atoms with Gasteiger partial charge >= 0.3 is 5.97 Å². The largest absolute Gasteiger partial charge is 0.426 e. The second kappa shape index (κ2) is 8.05. The van der Waals surface area contributed by atoms with Gasteiger partial charge in [0.15, 0.2) is 0 Å². The molecule has 0 aliphatic heterocycles. The van der Waals surface area contributed by atoms with Crippen LogP contribution in [0.3, 0.4) is 0 Å². The van der Waals surface area contributed by atoms with Crippen LogP contribution in [-0.2, 0) is 16.0 Å². The first-order chi connectivity index (χ1) is 11.8. The number of nitro groups is 1. The van der Waals surface area contributed by atoms with Crippen LogP contribution < -0.4 is 10.1 Å². The molecule has 0 aliphatic rings. The third kappa shape index (κ3) is 5.42. The van der Waals surface area contributed by atoms with E-state index in [9.17, 15) is 19.7 Å². The molecule has 7 heteroatoms. The molecule has 0 bridgehead atoms. The Balaban J connectivity index is 1.91. The van der Waals surface area contributed by atoms with Crippen molar-refractivity contribution in [2.75, 3.05) is 5.32 Å². The Hall–Kier alpha value is -3.22. The van der Waals surface area contributed by atoms with E-state index in [1.54, 1.807) is 38.1 Å². The number of rotatable bonds is 6. The van der Waals surface area contributed by atoms with Crippen molar-refractivity contribution in [2.45, 2.75) is 20.3 Å². The van der Waals surface area contributed by atoms with Crippen LogP contribution in [0.15, 0.2) is 48.5 Å². The van der Waals surface area contributed by atoms with Crippen molar-refractivity contribution >= 4 is 23.3 Å². The molecule has 0 unspecified atom stereocenters. The van der Waals surface area contributed by atoms with Gasteiger partial charge in [0.05, 0.1) is 11.3 Å². The second-order valence-electron chi connectivity index (χ2n) is 5.74. The molecule has 0 aliphatic carbocycles. The summed E-state index contributed by atoms with van der Waals surface area (Å²) >= 11 is 0. The van der Waals surface area contributed by atoms with Gasteiger partial charge in [0, 0.05) is 23.7 Å². The van der Waals surface area contributed by atoms with E-state index in [1.165, 1.54) is 24.3 Å². The number of esters is 1. The van der Waals surface area contributed by atoms with Gasteiger partial charge in [-0.15, -0.1) is 0 Å². The maximum Gasteiger partial charge on any atom is 0.315 e. The SMILES string of the molecule is CC(C)C(=O)Nc1ccc(CC(=O)Oc2ccc([N+](=O)[O-])cc2)cc1. The van der Waals surface area contributed by atoms with E-state index < -0.39 is 10.9 Å². The second-order valence-corrected chi connectivity index (χ2v) is 5.74. The van der Waals surface area contributed by atoms with Gasteiger partial charge in [0.1, 0.15) is 5.75 Å². The van der Waals surface area contributed by atoms with Crippen molar-refractivity contribution < 1.29 is 19.2 Å². The van der Waals surface area contributed by atoms with E-state index >= 15 is 0 Å². The van der Waals surface area contributed by atoms with Crippen LogP contribution in [0.25, 0.3) is 0 Å². The summed E-state index contributed by atoms with van der Waals surface area (Å²) in [4.78, 5) is 33.6. The number of hydrogen-bond acceptors (Lipinski definition) is 5.